The van der Waals surface area contributed by atoms with Gasteiger partial charge in [-0.1, -0.05) is 19.9 Å². The lowest BCUT2D eigenvalue weighted by molar-refractivity contribution is -0.150. The van der Waals surface area contributed by atoms with Gasteiger partial charge in [0.2, 0.25) is 0 Å². The Morgan fingerprint density at radius 3 is 2.41 bits per heavy atom. The van der Waals surface area contributed by atoms with Gasteiger partial charge in [-0.05, 0) is 50.9 Å². The molecule has 0 unspecified atom stereocenters. The van der Waals surface area contributed by atoms with E-state index >= 15 is 0 Å². The zero-order valence-corrected chi connectivity index (χ0v) is 20.6. The fourth-order valence-corrected chi connectivity index (χ4v) is 5.10. The average Bonchev–Trinajstić information content (AvgIpc) is 3.02. The summed E-state index contributed by atoms with van der Waals surface area (Å²) < 4.78 is 45.5. The molecule has 0 atom stereocenters. The Morgan fingerprint density at radius 2 is 1.82 bits per heavy atom. The van der Waals surface area contributed by atoms with Gasteiger partial charge in [0.05, 0.1) is 5.56 Å². The van der Waals surface area contributed by atoms with Gasteiger partial charge in [-0.3, -0.25) is 4.79 Å². The van der Waals surface area contributed by atoms with Gasteiger partial charge >= 0.3 is 12.1 Å². The first-order chi connectivity index (χ1) is 16.0. The predicted molar refractivity (Wildman–Crippen MR) is 126 cm³/mol. The number of esters is 1. The zero-order valence-electron chi connectivity index (χ0n) is 20.6. The van der Waals surface area contributed by atoms with Crippen LogP contribution in [0.5, 0.6) is 0 Å². The summed E-state index contributed by atoms with van der Waals surface area (Å²) in [6.07, 6.45) is -1.71. The van der Waals surface area contributed by atoms with Crippen molar-refractivity contribution in [1.82, 2.24) is 4.90 Å². The quantitative estimate of drug-likeness (QED) is 0.449. The maximum Gasteiger partial charge on any atom is 0.416 e. The maximum atomic E-state index is 13.3. The topological polar surface area (TPSA) is 49.9 Å². The molecule has 1 aromatic carbocycles. The Morgan fingerprint density at radius 1 is 1.15 bits per heavy atom. The molecule has 0 radical (unpaired) electrons. The van der Waals surface area contributed by atoms with Gasteiger partial charge in [-0.25, -0.2) is 4.79 Å². The van der Waals surface area contributed by atoms with E-state index in [-0.39, 0.29) is 12.2 Å². The highest BCUT2D eigenvalue weighted by Crippen LogP contribution is 2.42. The summed E-state index contributed by atoms with van der Waals surface area (Å²) in [6.45, 7) is 11.0. The Labute approximate surface area is 199 Å². The van der Waals surface area contributed by atoms with E-state index in [9.17, 15) is 22.8 Å². The molecule has 0 saturated carbocycles. The lowest BCUT2D eigenvalue weighted by Gasteiger charge is -2.39. The number of carbonyl (C=O) groups excluding carboxylic acids is 2. The summed E-state index contributed by atoms with van der Waals surface area (Å²) in [6, 6.07) is 3.79. The van der Waals surface area contributed by atoms with Crippen LogP contribution in [0.1, 0.15) is 64.0 Å². The molecule has 1 fully saturated rings. The van der Waals surface area contributed by atoms with E-state index in [2.05, 4.69) is 11.8 Å². The van der Waals surface area contributed by atoms with Crippen LogP contribution in [0.3, 0.4) is 0 Å². The van der Waals surface area contributed by atoms with Crippen molar-refractivity contribution in [3.05, 3.63) is 40.5 Å². The highest BCUT2D eigenvalue weighted by molar-refractivity contribution is 6.08. The van der Waals surface area contributed by atoms with Crippen LogP contribution in [0.25, 0.3) is 0 Å². The van der Waals surface area contributed by atoms with Crippen LogP contribution in [0.2, 0.25) is 0 Å². The number of halogens is 3. The van der Waals surface area contributed by atoms with Gasteiger partial charge in [-0.15, -0.1) is 0 Å². The first-order valence-electron chi connectivity index (χ1n) is 12.2. The van der Waals surface area contributed by atoms with Crippen LogP contribution in [0.15, 0.2) is 29.3 Å². The highest BCUT2D eigenvalue weighted by atomic mass is 19.4. The molecule has 0 aliphatic carbocycles. The minimum atomic E-state index is -4.41. The Balaban J connectivity index is 1.72. The Kier molecular flexibility index (Phi) is 8.11. The van der Waals surface area contributed by atoms with E-state index in [1.165, 1.54) is 12.1 Å². The third-order valence-corrected chi connectivity index (χ3v) is 7.02. The number of likely N-dealkylation sites (tertiary alicyclic amines) is 1. The van der Waals surface area contributed by atoms with Crippen molar-refractivity contribution >= 4 is 17.4 Å². The fraction of sp³-hybridized carbons (Fsp3) is 0.615. The summed E-state index contributed by atoms with van der Waals surface area (Å²) in [5.74, 6) is -0.508. The van der Waals surface area contributed by atoms with Gasteiger partial charge in [-0.2, -0.15) is 13.2 Å². The van der Waals surface area contributed by atoms with E-state index in [0.29, 0.717) is 49.2 Å². The van der Waals surface area contributed by atoms with Gasteiger partial charge in [0, 0.05) is 62.3 Å². The van der Waals surface area contributed by atoms with Gasteiger partial charge in [0.1, 0.15) is 5.60 Å². The second-order valence-electron chi connectivity index (χ2n) is 9.33. The van der Waals surface area contributed by atoms with Crippen molar-refractivity contribution in [2.75, 3.05) is 37.6 Å². The smallest absolute Gasteiger partial charge is 0.416 e. The van der Waals surface area contributed by atoms with Crippen LogP contribution in [-0.2, 0) is 20.5 Å². The summed E-state index contributed by atoms with van der Waals surface area (Å²) in [4.78, 5) is 29.8. The number of hydrogen-bond donors (Lipinski definition) is 0. The van der Waals surface area contributed by atoms with E-state index in [1.54, 1.807) is 13.8 Å². The van der Waals surface area contributed by atoms with Crippen LogP contribution >= 0.6 is 0 Å². The largest absolute Gasteiger partial charge is 0.451 e. The summed E-state index contributed by atoms with van der Waals surface area (Å²) in [7, 11) is 0. The zero-order chi connectivity index (χ0) is 25.1. The number of Topliss-reactive ketones (excluding diaryl/α,β-unsaturated/α-hetero) is 1. The number of aryl methyl sites for hydroxylation is 1. The minimum absolute atomic E-state index is 0.0921. The standard InChI is InChI=1S/C26H35F3N2O3/c1-5-13-31(21-17-20(26(27,28)29)10-9-18(21)3)14-7-8-22(32)23-19(4)24(33)34-25(23)11-15-30(6-2)16-12-25/h9-10,17H,5-8,11-16H2,1-4H3. The van der Waals surface area contributed by atoms with E-state index < -0.39 is 23.3 Å². The molecule has 2 aliphatic heterocycles. The number of piperidine rings is 1. The number of alkyl halides is 3. The highest BCUT2D eigenvalue weighted by Gasteiger charge is 2.50. The number of anilines is 1. The number of nitrogens with zero attached hydrogens (tertiary/aromatic N) is 2. The second-order valence-corrected chi connectivity index (χ2v) is 9.33. The summed E-state index contributed by atoms with van der Waals surface area (Å²) >= 11 is 0. The fourth-order valence-electron chi connectivity index (χ4n) is 5.10. The molecule has 2 heterocycles. The molecule has 1 saturated heterocycles. The number of ether oxygens (including phenoxy) is 1. The average molecular weight is 481 g/mol. The molecule has 1 aromatic rings. The molecule has 5 nitrogen and oxygen atoms in total. The normalized spacial score (nSPS) is 18.5. The number of ketones is 1. The molecule has 1 spiro atoms. The molecular formula is C26H35F3N2O3. The molecular weight excluding hydrogens is 445 g/mol. The molecule has 3 rings (SSSR count). The first-order valence-corrected chi connectivity index (χ1v) is 12.2. The van der Waals surface area contributed by atoms with Crippen LogP contribution in [-0.4, -0.2) is 55.0 Å². The van der Waals surface area contributed by atoms with Gasteiger partial charge in [0.15, 0.2) is 5.78 Å². The van der Waals surface area contributed by atoms with Crippen molar-refractivity contribution in [2.45, 2.75) is 71.6 Å². The van der Waals surface area contributed by atoms with Crippen molar-refractivity contribution in [3.63, 3.8) is 0 Å². The monoisotopic (exact) mass is 480 g/mol. The minimum Gasteiger partial charge on any atom is -0.451 e. The number of rotatable bonds is 9. The van der Waals surface area contributed by atoms with Crippen molar-refractivity contribution < 1.29 is 27.5 Å². The van der Waals surface area contributed by atoms with E-state index in [0.717, 1.165) is 37.7 Å². The number of benzene rings is 1. The molecule has 0 N–H and O–H groups in total. The van der Waals surface area contributed by atoms with Gasteiger partial charge in [0.25, 0.3) is 0 Å². The van der Waals surface area contributed by atoms with Crippen molar-refractivity contribution in [1.29, 1.82) is 0 Å². The maximum absolute atomic E-state index is 13.3. The van der Waals surface area contributed by atoms with Crippen LogP contribution < -0.4 is 4.90 Å². The second kappa shape index (κ2) is 10.5. The number of hydrogen-bond acceptors (Lipinski definition) is 5. The van der Waals surface area contributed by atoms with E-state index in [1.807, 2.05) is 11.8 Å². The van der Waals surface area contributed by atoms with Crippen LogP contribution in [0, 0.1) is 6.92 Å². The Hall–Kier alpha value is -2.35. The van der Waals surface area contributed by atoms with Gasteiger partial charge < -0.3 is 14.5 Å². The molecule has 0 bridgehead atoms. The molecule has 8 heteroatoms. The SMILES string of the molecule is CCCN(CCCC(=O)C1=C(C)C(=O)OC12CCN(CC)CC2)c1cc(C(F)(F)F)ccc1C. The Bertz CT molecular complexity index is 947. The van der Waals surface area contributed by atoms with Crippen molar-refractivity contribution in [3.8, 4) is 0 Å². The summed E-state index contributed by atoms with van der Waals surface area (Å²) in [5.41, 5.74) is 0.711. The van der Waals surface area contributed by atoms with E-state index in [4.69, 9.17) is 4.74 Å². The van der Waals surface area contributed by atoms with Crippen molar-refractivity contribution in [2.24, 2.45) is 0 Å². The summed E-state index contributed by atoms with van der Waals surface area (Å²) in [5, 5.41) is 0. The first kappa shape index (κ1) is 26.3. The molecule has 34 heavy (non-hydrogen) atoms. The molecule has 0 amide bonds. The third-order valence-electron chi connectivity index (χ3n) is 7.02. The third kappa shape index (κ3) is 5.48. The lowest BCUT2D eigenvalue weighted by Crippen LogP contribution is -2.47. The van der Waals surface area contributed by atoms with Crippen LogP contribution in [0.4, 0.5) is 18.9 Å². The molecule has 188 valence electrons. The molecule has 0 aromatic heterocycles. The predicted octanol–water partition coefficient (Wildman–Crippen LogP) is 5.31. The lowest BCUT2D eigenvalue weighted by atomic mass is 9.80. The molecule has 2 aliphatic rings. The number of carbonyl (C=O) groups is 2.